The summed E-state index contributed by atoms with van der Waals surface area (Å²) in [6, 6.07) is 10.7. The molecule has 0 atom stereocenters. The van der Waals surface area contributed by atoms with Gasteiger partial charge in [-0.25, -0.2) is 0 Å². The summed E-state index contributed by atoms with van der Waals surface area (Å²) >= 11 is 3.58. The van der Waals surface area contributed by atoms with Gasteiger partial charge in [-0.1, -0.05) is 29.8 Å². The lowest BCUT2D eigenvalue weighted by Crippen LogP contribution is -1.93. The van der Waals surface area contributed by atoms with Crippen molar-refractivity contribution < 1.29 is 0 Å². The number of pyridine rings is 1. The summed E-state index contributed by atoms with van der Waals surface area (Å²) in [6.07, 6.45) is 0. The fourth-order valence-corrected chi connectivity index (χ4v) is 3.35. The van der Waals surface area contributed by atoms with Gasteiger partial charge in [0.25, 0.3) is 0 Å². The van der Waals surface area contributed by atoms with Gasteiger partial charge in [0.05, 0.1) is 5.69 Å². The molecular formula is C18H19BrN2. The average molecular weight is 343 g/mol. The molecule has 0 amide bonds. The second kappa shape index (κ2) is 5.30. The highest BCUT2D eigenvalue weighted by Gasteiger charge is 2.16. The predicted octanol–water partition coefficient (Wildman–Crippen LogP) is 5.73. The third kappa shape index (κ3) is 2.62. The van der Waals surface area contributed by atoms with Gasteiger partial charge in [-0.2, -0.15) is 0 Å². The van der Waals surface area contributed by atoms with Crippen molar-refractivity contribution in [3.05, 3.63) is 51.8 Å². The van der Waals surface area contributed by atoms with E-state index < -0.39 is 0 Å². The zero-order valence-corrected chi connectivity index (χ0v) is 14.4. The molecule has 0 bridgehead atoms. The van der Waals surface area contributed by atoms with Gasteiger partial charge in [0.15, 0.2) is 0 Å². The Morgan fingerprint density at radius 1 is 1.05 bits per heavy atom. The molecule has 3 aromatic rings. The number of aromatic amines is 1. The minimum Gasteiger partial charge on any atom is -0.354 e. The lowest BCUT2D eigenvalue weighted by atomic mass is 9.96. The Morgan fingerprint density at radius 2 is 1.71 bits per heavy atom. The molecule has 0 unspecified atom stereocenters. The van der Waals surface area contributed by atoms with E-state index in [2.05, 4.69) is 70.1 Å². The maximum atomic E-state index is 4.48. The van der Waals surface area contributed by atoms with Crippen LogP contribution in [0, 0.1) is 13.8 Å². The number of benzene rings is 1. The van der Waals surface area contributed by atoms with Crippen molar-refractivity contribution >= 4 is 26.8 Å². The van der Waals surface area contributed by atoms with Crippen LogP contribution in [0.2, 0.25) is 0 Å². The van der Waals surface area contributed by atoms with Crippen LogP contribution >= 0.6 is 15.9 Å². The summed E-state index contributed by atoms with van der Waals surface area (Å²) in [4.78, 5) is 8.08. The molecule has 0 radical (unpaired) electrons. The maximum Gasteiger partial charge on any atom is 0.0501 e. The zero-order valence-electron chi connectivity index (χ0n) is 12.8. The van der Waals surface area contributed by atoms with Crippen molar-refractivity contribution in [1.82, 2.24) is 9.97 Å². The summed E-state index contributed by atoms with van der Waals surface area (Å²) in [6.45, 7) is 8.58. The topological polar surface area (TPSA) is 28.7 Å². The minimum absolute atomic E-state index is 0.455. The highest BCUT2D eigenvalue weighted by molar-refractivity contribution is 9.10. The van der Waals surface area contributed by atoms with Gasteiger partial charge < -0.3 is 4.98 Å². The molecule has 2 heterocycles. The number of nitrogens with one attached hydrogen (secondary N) is 1. The third-order valence-electron chi connectivity index (χ3n) is 3.75. The van der Waals surface area contributed by atoms with Crippen LogP contribution in [-0.2, 0) is 0 Å². The molecule has 0 aliphatic rings. The van der Waals surface area contributed by atoms with Crippen molar-refractivity contribution in [3.63, 3.8) is 0 Å². The molecule has 0 fully saturated rings. The molecular weight excluding hydrogens is 324 g/mol. The van der Waals surface area contributed by atoms with Crippen molar-refractivity contribution in [2.45, 2.75) is 33.6 Å². The van der Waals surface area contributed by atoms with Gasteiger partial charge in [0, 0.05) is 32.3 Å². The van der Waals surface area contributed by atoms with Crippen molar-refractivity contribution in [3.8, 4) is 11.3 Å². The van der Waals surface area contributed by atoms with Crippen molar-refractivity contribution in [1.29, 1.82) is 0 Å². The second-order valence-electron chi connectivity index (χ2n) is 5.90. The molecule has 21 heavy (non-hydrogen) atoms. The van der Waals surface area contributed by atoms with Gasteiger partial charge in [0.2, 0.25) is 0 Å². The lowest BCUT2D eigenvalue weighted by molar-refractivity contribution is 0.878. The first-order valence-electron chi connectivity index (χ1n) is 7.22. The number of hydrogen-bond donors (Lipinski definition) is 1. The smallest absolute Gasteiger partial charge is 0.0501 e. The van der Waals surface area contributed by atoms with E-state index in [0.717, 1.165) is 15.9 Å². The number of rotatable bonds is 2. The van der Waals surface area contributed by atoms with Gasteiger partial charge >= 0.3 is 0 Å². The number of aryl methyl sites for hydroxylation is 2. The van der Waals surface area contributed by atoms with E-state index >= 15 is 0 Å². The summed E-state index contributed by atoms with van der Waals surface area (Å²) in [7, 11) is 0. The molecule has 0 spiro atoms. The van der Waals surface area contributed by atoms with Crippen LogP contribution in [0.5, 0.6) is 0 Å². The monoisotopic (exact) mass is 342 g/mol. The van der Waals surface area contributed by atoms with Crippen LogP contribution in [0.3, 0.4) is 0 Å². The SMILES string of the molecule is Cc1cc(-c2[nH]c3ccc(Br)cc3c2C(C)C)cc(C)n1. The first-order chi connectivity index (χ1) is 9.95. The van der Waals surface area contributed by atoms with Crippen LogP contribution < -0.4 is 0 Å². The number of nitrogens with zero attached hydrogens (tertiary/aromatic N) is 1. The fourth-order valence-electron chi connectivity index (χ4n) is 2.99. The van der Waals surface area contributed by atoms with Crippen LogP contribution in [0.15, 0.2) is 34.8 Å². The fraction of sp³-hybridized carbons (Fsp3) is 0.278. The molecule has 108 valence electrons. The summed E-state index contributed by atoms with van der Waals surface area (Å²) in [5.41, 5.74) is 7.10. The molecule has 0 aliphatic heterocycles. The molecule has 2 nitrogen and oxygen atoms in total. The van der Waals surface area contributed by atoms with Gasteiger partial charge in [-0.3, -0.25) is 4.98 Å². The largest absolute Gasteiger partial charge is 0.354 e. The molecule has 1 N–H and O–H groups in total. The number of hydrogen-bond acceptors (Lipinski definition) is 1. The Hall–Kier alpha value is -1.61. The Morgan fingerprint density at radius 3 is 2.33 bits per heavy atom. The molecule has 0 saturated carbocycles. The molecule has 3 rings (SSSR count). The second-order valence-corrected chi connectivity index (χ2v) is 6.81. The number of halogens is 1. The molecule has 2 aromatic heterocycles. The first kappa shape index (κ1) is 14.3. The van der Waals surface area contributed by atoms with Crippen molar-refractivity contribution in [2.75, 3.05) is 0 Å². The Balaban J connectivity index is 2.33. The standard InChI is InChI=1S/C18H19BrN2/c1-10(2)17-15-9-14(19)5-6-16(15)21-18(17)13-7-11(3)20-12(4)8-13/h5-10,21H,1-4H3. The molecule has 0 aliphatic carbocycles. The highest BCUT2D eigenvalue weighted by Crippen LogP contribution is 2.36. The van der Waals surface area contributed by atoms with Gasteiger partial charge in [-0.15, -0.1) is 0 Å². The van der Waals surface area contributed by atoms with Gasteiger partial charge in [-0.05, 0) is 55.7 Å². The quantitative estimate of drug-likeness (QED) is 0.632. The highest BCUT2D eigenvalue weighted by atomic mass is 79.9. The summed E-state index contributed by atoms with van der Waals surface area (Å²) in [5.74, 6) is 0.455. The average Bonchev–Trinajstić information content (AvgIpc) is 2.76. The van der Waals surface area contributed by atoms with E-state index in [1.165, 1.54) is 27.7 Å². The number of H-pyrrole nitrogens is 1. The van der Waals surface area contributed by atoms with E-state index in [1.807, 2.05) is 13.8 Å². The predicted molar refractivity (Wildman–Crippen MR) is 92.8 cm³/mol. The molecule has 3 heteroatoms. The Bertz CT molecular complexity index is 795. The minimum atomic E-state index is 0.455. The normalized spacial score (nSPS) is 11.5. The number of aromatic nitrogens is 2. The zero-order chi connectivity index (χ0) is 15.1. The van der Waals surface area contributed by atoms with E-state index in [1.54, 1.807) is 0 Å². The van der Waals surface area contributed by atoms with E-state index in [-0.39, 0.29) is 0 Å². The van der Waals surface area contributed by atoms with Crippen LogP contribution in [0.25, 0.3) is 22.2 Å². The summed E-state index contributed by atoms with van der Waals surface area (Å²) in [5, 5.41) is 1.29. The lowest BCUT2D eigenvalue weighted by Gasteiger charge is -2.10. The van der Waals surface area contributed by atoms with Crippen LogP contribution in [-0.4, -0.2) is 9.97 Å². The molecule has 1 aromatic carbocycles. The third-order valence-corrected chi connectivity index (χ3v) is 4.24. The van der Waals surface area contributed by atoms with Crippen molar-refractivity contribution in [2.24, 2.45) is 0 Å². The van der Waals surface area contributed by atoms with Crippen LogP contribution in [0.4, 0.5) is 0 Å². The van der Waals surface area contributed by atoms with Gasteiger partial charge in [0.1, 0.15) is 0 Å². The number of fused-ring (bicyclic) bond motifs is 1. The first-order valence-corrected chi connectivity index (χ1v) is 8.02. The Labute approximate surface area is 133 Å². The molecule has 0 saturated heterocycles. The van der Waals surface area contributed by atoms with E-state index in [9.17, 15) is 0 Å². The van der Waals surface area contributed by atoms with Crippen LogP contribution in [0.1, 0.15) is 36.7 Å². The summed E-state index contributed by atoms with van der Waals surface area (Å²) < 4.78 is 1.12. The Kier molecular flexibility index (Phi) is 3.62. The van der Waals surface area contributed by atoms with E-state index in [4.69, 9.17) is 0 Å². The van der Waals surface area contributed by atoms with E-state index in [0.29, 0.717) is 5.92 Å². The maximum absolute atomic E-state index is 4.48.